The van der Waals surface area contributed by atoms with E-state index in [-0.39, 0.29) is 12.1 Å². The molecular weight excluding hydrogens is 388 g/mol. The molecule has 2 atom stereocenters. The quantitative estimate of drug-likeness (QED) is 0.429. The third kappa shape index (κ3) is 6.57. The molecule has 2 unspecified atom stereocenters. The van der Waals surface area contributed by atoms with E-state index in [0.717, 1.165) is 17.4 Å². The third-order valence-corrected chi connectivity index (χ3v) is 5.10. The zero-order chi connectivity index (χ0) is 22.2. The Bertz CT molecular complexity index is 998. The van der Waals surface area contributed by atoms with Gasteiger partial charge in [-0.1, -0.05) is 42.5 Å². The summed E-state index contributed by atoms with van der Waals surface area (Å²) in [6.07, 6.45) is -0.0297. The van der Waals surface area contributed by atoms with Crippen molar-refractivity contribution in [2.75, 3.05) is 6.54 Å². The molecule has 3 rings (SSSR count). The number of benzene rings is 2. The second-order valence-corrected chi connectivity index (χ2v) is 7.79. The van der Waals surface area contributed by atoms with Crippen molar-refractivity contribution in [1.82, 2.24) is 25.4 Å². The van der Waals surface area contributed by atoms with Gasteiger partial charge in [-0.25, -0.2) is 4.99 Å². The largest absolute Gasteiger partial charge is 0.489 e. The average Bonchev–Trinajstić information content (AvgIpc) is 3.08. The van der Waals surface area contributed by atoms with Gasteiger partial charge >= 0.3 is 0 Å². The first-order valence-electron chi connectivity index (χ1n) is 10.6. The van der Waals surface area contributed by atoms with Crippen molar-refractivity contribution < 1.29 is 4.74 Å². The predicted octanol–water partition coefficient (Wildman–Crippen LogP) is 3.70. The summed E-state index contributed by atoms with van der Waals surface area (Å²) in [5.41, 5.74) is 2.37. The van der Waals surface area contributed by atoms with Crippen molar-refractivity contribution >= 4 is 5.96 Å². The molecule has 0 bridgehead atoms. The van der Waals surface area contributed by atoms with E-state index in [1.54, 1.807) is 0 Å². The predicted molar refractivity (Wildman–Crippen MR) is 124 cm³/mol. The van der Waals surface area contributed by atoms with E-state index < -0.39 is 0 Å². The summed E-state index contributed by atoms with van der Waals surface area (Å²) in [5, 5.41) is 15.2. The molecule has 0 saturated heterocycles. The van der Waals surface area contributed by atoms with Crippen molar-refractivity contribution in [3.63, 3.8) is 0 Å². The summed E-state index contributed by atoms with van der Waals surface area (Å²) < 4.78 is 8.00. The minimum atomic E-state index is -0.0297. The lowest BCUT2D eigenvalue weighted by Gasteiger charge is -2.21. The van der Waals surface area contributed by atoms with Crippen LogP contribution >= 0.6 is 0 Å². The number of guanidine groups is 1. The third-order valence-electron chi connectivity index (χ3n) is 5.10. The van der Waals surface area contributed by atoms with Crippen LogP contribution < -0.4 is 15.4 Å². The van der Waals surface area contributed by atoms with E-state index in [9.17, 15) is 0 Å². The molecule has 1 aromatic heterocycles. The highest BCUT2D eigenvalue weighted by Crippen LogP contribution is 2.14. The number of aliphatic imine (C=N–C) groups is 1. The number of hydrogen-bond acceptors (Lipinski definition) is 4. The second-order valence-electron chi connectivity index (χ2n) is 7.79. The van der Waals surface area contributed by atoms with Crippen LogP contribution in [0.5, 0.6) is 5.75 Å². The summed E-state index contributed by atoms with van der Waals surface area (Å²) in [5.74, 6) is 3.25. The average molecular weight is 421 g/mol. The molecule has 3 aromatic rings. The Morgan fingerprint density at radius 1 is 1.06 bits per heavy atom. The van der Waals surface area contributed by atoms with Crippen LogP contribution in [0.4, 0.5) is 0 Å². The molecular formula is C24H32N6O. The SMILES string of the molecule is Cc1cccc(OC(C)CNC(=NCc2nnc(C)n2C)NC(C)c2ccccc2)c1. The Morgan fingerprint density at radius 2 is 1.84 bits per heavy atom. The van der Waals surface area contributed by atoms with Crippen LogP contribution in [0.3, 0.4) is 0 Å². The van der Waals surface area contributed by atoms with Crippen molar-refractivity contribution in [2.24, 2.45) is 12.0 Å². The van der Waals surface area contributed by atoms with Gasteiger partial charge in [0.1, 0.15) is 24.2 Å². The molecule has 7 heteroatoms. The summed E-state index contributed by atoms with van der Waals surface area (Å²) in [6, 6.07) is 18.5. The number of nitrogens with one attached hydrogen (secondary N) is 2. The molecule has 0 fully saturated rings. The smallest absolute Gasteiger partial charge is 0.192 e. The standard InChI is InChI=1S/C24H32N6O/c1-17-10-9-13-22(14-17)31-18(2)15-25-24(26-16-23-29-28-20(4)30(23)5)27-19(3)21-11-7-6-8-12-21/h6-14,18-19H,15-16H2,1-5H3,(H2,25,26,27). The van der Waals surface area contributed by atoms with Crippen molar-refractivity contribution in [2.45, 2.75) is 46.4 Å². The molecule has 2 aromatic carbocycles. The minimum Gasteiger partial charge on any atom is -0.489 e. The molecule has 0 aliphatic heterocycles. The van der Waals surface area contributed by atoms with Crippen LogP contribution in [0.25, 0.3) is 0 Å². The summed E-state index contributed by atoms with van der Waals surface area (Å²) in [7, 11) is 1.95. The van der Waals surface area contributed by atoms with Gasteiger partial charge in [0.25, 0.3) is 0 Å². The Hall–Kier alpha value is -3.35. The van der Waals surface area contributed by atoms with Crippen LogP contribution in [-0.2, 0) is 13.6 Å². The lowest BCUT2D eigenvalue weighted by Crippen LogP contribution is -2.42. The van der Waals surface area contributed by atoms with Gasteiger partial charge in [0.2, 0.25) is 0 Å². The number of hydrogen-bond donors (Lipinski definition) is 2. The molecule has 0 spiro atoms. The highest BCUT2D eigenvalue weighted by atomic mass is 16.5. The minimum absolute atomic E-state index is 0.0297. The molecule has 0 radical (unpaired) electrons. The van der Waals surface area contributed by atoms with Gasteiger partial charge in [0, 0.05) is 7.05 Å². The van der Waals surface area contributed by atoms with E-state index >= 15 is 0 Å². The van der Waals surface area contributed by atoms with E-state index in [1.807, 2.05) is 61.9 Å². The first-order valence-corrected chi connectivity index (χ1v) is 10.6. The first kappa shape index (κ1) is 22.3. The molecule has 31 heavy (non-hydrogen) atoms. The maximum atomic E-state index is 6.05. The van der Waals surface area contributed by atoms with Crippen LogP contribution in [0, 0.1) is 13.8 Å². The van der Waals surface area contributed by atoms with Crippen LogP contribution in [-0.4, -0.2) is 33.4 Å². The number of aromatic nitrogens is 3. The van der Waals surface area contributed by atoms with Crippen LogP contribution in [0.2, 0.25) is 0 Å². The Kier molecular flexibility index (Phi) is 7.65. The van der Waals surface area contributed by atoms with Crippen molar-refractivity contribution in [3.8, 4) is 5.75 Å². The molecule has 1 heterocycles. The van der Waals surface area contributed by atoms with Gasteiger partial charge in [-0.2, -0.15) is 0 Å². The molecule has 0 aliphatic carbocycles. The first-order chi connectivity index (χ1) is 14.9. The van der Waals surface area contributed by atoms with Crippen LogP contribution in [0.1, 0.15) is 42.7 Å². The Morgan fingerprint density at radius 3 is 2.52 bits per heavy atom. The van der Waals surface area contributed by atoms with Gasteiger partial charge in [0.15, 0.2) is 11.8 Å². The molecule has 7 nitrogen and oxygen atoms in total. The fourth-order valence-corrected chi connectivity index (χ4v) is 3.12. The van der Waals surface area contributed by atoms with Gasteiger partial charge < -0.3 is 19.9 Å². The van der Waals surface area contributed by atoms with Gasteiger partial charge in [-0.3, -0.25) is 0 Å². The molecule has 2 N–H and O–H groups in total. The lowest BCUT2D eigenvalue weighted by atomic mass is 10.1. The highest BCUT2D eigenvalue weighted by molar-refractivity contribution is 5.80. The lowest BCUT2D eigenvalue weighted by molar-refractivity contribution is 0.223. The zero-order valence-electron chi connectivity index (χ0n) is 19.0. The van der Waals surface area contributed by atoms with Gasteiger partial charge in [0.05, 0.1) is 12.6 Å². The van der Waals surface area contributed by atoms with E-state index in [4.69, 9.17) is 9.73 Å². The normalized spacial score (nSPS) is 13.5. The topological polar surface area (TPSA) is 76.4 Å². The fourth-order valence-electron chi connectivity index (χ4n) is 3.12. The fraction of sp³-hybridized carbons (Fsp3) is 0.375. The van der Waals surface area contributed by atoms with Gasteiger partial charge in [-0.15, -0.1) is 10.2 Å². The summed E-state index contributed by atoms with van der Waals surface area (Å²) in [4.78, 5) is 4.74. The number of aryl methyl sites for hydroxylation is 2. The number of ether oxygens (including phenoxy) is 1. The molecule has 0 amide bonds. The van der Waals surface area contributed by atoms with Crippen molar-refractivity contribution in [1.29, 1.82) is 0 Å². The van der Waals surface area contributed by atoms with Crippen LogP contribution in [0.15, 0.2) is 59.6 Å². The Labute approximate surface area is 184 Å². The Balaban J connectivity index is 1.66. The molecule has 164 valence electrons. The summed E-state index contributed by atoms with van der Waals surface area (Å²) >= 11 is 0. The van der Waals surface area contributed by atoms with Crippen molar-refractivity contribution in [3.05, 3.63) is 77.4 Å². The number of nitrogens with zero attached hydrogens (tertiary/aromatic N) is 4. The number of rotatable bonds is 8. The van der Waals surface area contributed by atoms with E-state index in [1.165, 1.54) is 11.1 Å². The van der Waals surface area contributed by atoms with E-state index in [2.05, 4.69) is 52.9 Å². The van der Waals surface area contributed by atoms with E-state index in [0.29, 0.717) is 19.0 Å². The van der Waals surface area contributed by atoms with Gasteiger partial charge in [-0.05, 0) is 51.0 Å². The monoisotopic (exact) mass is 420 g/mol. The molecule has 0 saturated carbocycles. The highest BCUT2D eigenvalue weighted by Gasteiger charge is 2.11. The maximum absolute atomic E-state index is 6.05. The zero-order valence-corrected chi connectivity index (χ0v) is 19.0. The maximum Gasteiger partial charge on any atom is 0.192 e. The summed E-state index contributed by atoms with van der Waals surface area (Å²) in [6.45, 7) is 9.19. The molecule has 0 aliphatic rings. The second kappa shape index (κ2) is 10.6.